The summed E-state index contributed by atoms with van der Waals surface area (Å²) in [5.41, 5.74) is 6.88. The summed E-state index contributed by atoms with van der Waals surface area (Å²) in [5, 5.41) is 0. The second-order valence-corrected chi connectivity index (χ2v) is 5.11. The topological polar surface area (TPSA) is 57.4 Å². The zero-order valence-electron chi connectivity index (χ0n) is 12.6. The van der Waals surface area contributed by atoms with Crippen LogP contribution in [0.1, 0.15) is 25.8 Å². The highest BCUT2D eigenvalue weighted by Crippen LogP contribution is 2.22. The van der Waals surface area contributed by atoms with E-state index in [0.717, 1.165) is 36.5 Å². The van der Waals surface area contributed by atoms with Gasteiger partial charge in [0.25, 0.3) is 0 Å². The molecule has 0 amide bonds. The van der Waals surface area contributed by atoms with Gasteiger partial charge in [0.15, 0.2) is 0 Å². The average molecular weight is 286 g/mol. The molecule has 1 aromatic heterocycles. The standard InChI is InChI=1S/C17H22N2O2/c1-3-10-20-15-5-7-16(8-6-15)21-17-9-4-14(12-19-17)11-13(2)18/h4-9,12-13H,3,10-11,18H2,1-2H3. The molecule has 0 radical (unpaired) electrons. The predicted molar refractivity (Wildman–Crippen MR) is 83.9 cm³/mol. The van der Waals surface area contributed by atoms with E-state index in [1.165, 1.54) is 0 Å². The van der Waals surface area contributed by atoms with Gasteiger partial charge in [-0.2, -0.15) is 0 Å². The van der Waals surface area contributed by atoms with Gasteiger partial charge in [-0.15, -0.1) is 0 Å². The van der Waals surface area contributed by atoms with Crippen LogP contribution in [-0.4, -0.2) is 17.6 Å². The van der Waals surface area contributed by atoms with Gasteiger partial charge in [-0.25, -0.2) is 4.98 Å². The maximum absolute atomic E-state index is 5.76. The summed E-state index contributed by atoms with van der Waals surface area (Å²) >= 11 is 0. The molecule has 4 nitrogen and oxygen atoms in total. The highest BCUT2D eigenvalue weighted by molar-refractivity contribution is 5.33. The van der Waals surface area contributed by atoms with Crippen molar-refractivity contribution in [3.63, 3.8) is 0 Å². The summed E-state index contributed by atoms with van der Waals surface area (Å²) in [4.78, 5) is 4.29. The van der Waals surface area contributed by atoms with Crippen LogP contribution in [0.3, 0.4) is 0 Å². The van der Waals surface area contributed by atoms with Gasteiger partial charge in [-0.1, -0.05) is 13.0 Å². The molecule has 2 N–H and O–H groups in total. The van der Waals surface area contributed by atoms with Crippen LogP contribution in [0.2, 0.25) is 0 Å². The third-order valence-electron chi connectivity index (χ3n) is 2.87. The first-order valence-corrected chi connectivity index (χ1v) is 7.28. The van der Waals surface area contributed by atoms with Crippen molar-refractivity contribution < 1.29 is 9.47 Å². The lowest BCUT2D eigenvalue weighted by Gasteiger charge is -2.08. The summed E-state index contributed by atoms with van der Waals surface area (Å²) in [7, 11) is 0. The lowest BCUT2D eigenvalue weighted by molar-refractivity contribution is 0.317. The Labute approximate surface area is 125 Å². The molecule has 4 heteroatoms. The van der Waals surface area contributed by atoms with Crippen LogP contribution in [0.25, 0.3) is 0 Å². The van der Waals surface area contributed by atoms with Crippen LogP contribution in [0.15, 0.2) is 42.6 Å². The minimum absolute atomic E-state index is 0.134. The van der Waals surface area contributed by atoms with Gasteiger partial charge in [0.05, 0.1) is 6.61 Å². The van der Waals surface area contributed by atoms with Crippen LogP contribution in [-0.2, 0) is 6.42 Å². The third kappa shape index (κ3) is 5.08. The minimum Gasteiger partial charge on any atom is -0.494 e. The molecule has 0 saturated heterocycles. The van der Waals surface area contributed by atoms with Gasteiger partial charge in [0, 0.05) is 18.3 Å². The summed E-state index contributed by atoms with van der Waals surface area (Å²) in [6.07, 6.45) is 3.62. The molecule has 2 rings (SSSR count). The van der Waals surface area contributed by atoms with E-state index in [-0.39, 0.29) is 6.04 Å². The van der Waals surface area contributed by atoms with Crippen LogP contribution in [0.4, 0.5) is 0 Å². The van der Waals surface area contributed by atoms with Crippen LogP contribution < -0.4 is 15.2 Å². The van der Waals surface area contributed by atoms with E-state index >= 15 is 0 Å². The van der Waals surface area contributed by atoms with Gasteiger partial charge >= 0.3 is 0 Å². The minimum atomic E-state index is 0.134. The maximum atomic E-state index is 5.76. The molecule has 0 aliphatic carbocycles. The Morgan fingerprint density at radius 2 is 1.81 bits per heavy atom. The number of hydrogen-bond acceptors (Lipinski definition) is 4. The van der Waals surface area contributed by atoms with Crippen molar-refractivity contribution in [2.75, 3.05) is 6.61 Å². The van der Waals surface area contributed by atoms with E-state index in [0.29, 0.717) is 5.88 Å². The lowest BCUT2D eigenvalue weighted by Crippen LogP contribution is -2.17. The molecule has 1 unspecified atom stereocenters. The van der Waals surface area contributed by atoms with Gasteiger partial charge < -0.3 is 15.2 Å². The molecule has 0 aliphatic rings. The van der Waals surface area contributed by atoms with Crippen molar-refractivity contribution in [3.05, 3.63) is 48.2 Å². The molecule has 1 atom stereocenters. The number of pyridine rings is 1. The molecule has 0 saturated carbocycles. The first-order valence-electron chi connectivity index (χ1n) is 7.28. The van der Waals surface area contributed by atoms with Crippen molar-refractivity contribution >= 4 is 0 Å². The average Bonchev–Trinajstić information content (AvgIpc) is 2.48. The third-order valence-corrected chi connectivity index (χ3v) is 2.87. The van der Waals surface area contributed by atoms with Gasteiger partial charge in [0.2, 0.25) is 5.88 Å². The largest absolute Gasteiger partial charge is 0.494 e. The van der Waals surface area contributed by atoms with Crippen LogP contribution in [0.5, 0.6) is 17.4 Å². The van der Waals surface area contributed by atoms with Crippen molar-refractivity contribution in [3.8, 4) is 17.4 Å². The second kappa shape index (κ2) is 7.64. The van der Waals surface area contributed by atoms with Crippen LogP contribution in [0, 0.1) is 0 Å². The number of ether oxygens (including phenoxy) is 2. The number of nitrogens with zero attached hydrogens (tertiary/aromatic N) is 1. The molecule has 1 heterocycles. The predicted octanol–water partition coefficient (Wildman–Crippen LogP) is 3.55. The van der Waals surface area contributed by atoms with Crippen molar-refractivity contribution in [2.24, 2.45) is 5.73 Å². The number of hydrogen-bond donors (Lipinski definition) is 1. The van der Waals surface area contributed by atoms with Crippen molar-refractivity contribution in [1.29, 1.82) is 0 Å². The second-order valence-electron chi connectivity index (χ2n) is 5.11. The number of aromatic nitrogens is 1. The molecule has 0 spiro atoms. The maximum Gasteiger partial charge on any atom is 0.219 e. The fraction of sp³-hybridized carbons (Fsp3) is 0.353. The quantitative estimate of drug-likeness (QED) is 0.845. The zero-order chi connectivity index (χ0) is 15.1. The van der Waals surface area contributed by atoms with E-state index in [4.69, 9.17) is 15.2 Å². The monoisotopic (exact) mass is 286 g/mol. The number of nitrogens with two attached hydrogens (primary N) is 1. The first kappa shape index (κ1) is 15.3. The smallest absolute Gasteiger partial charge is 0.219 e. The summed E-state index contributed by atoms with van der Waals surface area (Å²) < 4.78 is 11.2. The van der Waals surface area contributed by atoms with E-state index in [2.05, 4.69) is 11.9 Å². The molecule has 0 fully saturated rings. The molecule has 21 heavy (non-hydrogen) atoms. The molecule has 2 aromatic rings. The highest BCUT2D eigenvalue weighted by Gasteiger charge is 2.02. The Hall–Kier alpha value is -2.07. The SMILES string of the molecule is CCCOc1ccc(Oc2ccc(CC(C)N)cn2)cc1. The Kier molecular flexibility index (Phi) is 5.58. The molecular formula is C17H22N2O2. The fourth-order valence-corrected chi connectivity index (χ4v) is 1.91. The van der Waals surface area contributed by atoms with Gasteiger partial charge in [0.1, 0.15) is 11.5 Å². The van der Waals surface area contributed by atoms with Gasteiger partial charge in [-0.3, -0.25) is 0 Å². The number of benzene rings is 1. The summed E-state index contributed by atoms with van der Waals surface area (Å²) in [6.45, 7) is 4.79. The fourth-order valence-electron chi connectivity index (χ4n) is 1.91. The Morgan fingerprint density at radius 3 is 2.38 bits per heavy atom. The Morgan fingerprint density at radius 1 is 1.10 bits per heavy atom. The lowest BCUT2D eigenvalue weighted by atomic mass is 10.1. The van der Waals surface area contributed by atoms with E-state index in [1.807, 2.05) is 43.3 Å². The van der Waals surface area contributed by atoms with Crippen molar-refractivity contribution in [2.45, 2.75) is 32.7 Å². The van der Waals surface area contributed by atoms with Crippen molar-refractivity contribution in [1.82, 2.24) is 4.98 Å². The summed E-state index contributed by atoms with van der Waals surface area (Å²) in [6, 6.07) is 11.5. The normalized spacial score (nSPS) is 12.0. The van der Waals surface area contributed by atoms with E-state index in [1.54, 1.807) is 6.20 Å². The Bertz CT molecular complexity index is 536. The molecule has 0 aliphatic heterocycles. The van der Waals surface area contributed by atoms with Gasteiger partial charge in [-0.05, 0) is 49.6 Å². The molecule has 1 aromatic carbocycles. The molecule has 112 valence electrons. The summed E-state index contributed by atoms with van der Waals surface area (Å²) in [5.74, 6) is 2.17. The zero-order valence-corrected chi connectivity index (χ0v) is 12.6. The first-order chi connectivity index (χ1) is 10.2. The molecule has 0 bridgehead atoms. The molecular weight excluding hydrogens is 264 g/mol. The van der Waals surface area contributed by atoms with E-state index in [9.17, 15) is 0 Å². The number of rotatable bonds is 7. The van der Waals surface area contributed by atoms with E-state index < -0.39 is 0 Å². The Balaban J connectivity index is 1.94. The highest BCUT2D eigenvalue weighted by atomic mass is 16.5. The van der Waals surface area contributed by atoms with Crippen LogP contribution >= 0.6 is 0 Å².